The van der Waals surface area contributed by atoms with Gasteiger partial charge >= 0.3 is 0 Å². The number of ether oxygens (including phenoxy) is 1. The smallest absolute Gasteiger partial charge is 0.255 e. The molecule has 1 aliphatic rings. The normalized spacial score (nSPS) is 16.5. The van der Waals surface area contributed by atoms with E-state index in [9.17, 15) is 4.79 Å². The number of carbonyl (C=O) groups is 1. The molecule has 0 unspecified atom stereocenters. The van der Waals surface area contributed by atoms with Crippen molar-refractivity contribution >= 4 is 5.91 Å². The molecule has 1 aliphatic heterocycles. The Balaban J connectivity index is 1.24. The third kappa shape index (κ3) is 4.34. The summed E-state index contributed by atoms with van der Waals surface area (Å²) in [7, 11) is 0. The summed E-state index contributed by atoms with van der Waals surface area (Å²) in [5.74, 6) is 1.33. The maximum atomic E-state index is 12.0. The van der Waals surface area contributed by atoms with Crippen LogP contribution in [0.25, 0.3) is 11.4 Å². The Morgan fingerprint density at radius 3 is 3.00 bits per heavy atom. The monoisotopic (exact) mass is 369 g/mol. The second-order valence-electron chi connectivity index (χ2n) is 6.16. The number of hydrogen-bond acceptors (Lipinski definition) is 8. The molecule has 1 atom stereocenters. The molecular formula is C17H19N7O3. The number of amides is 1. The van der Waals surface area contributed by atoms with Gasteiger partial charge in [0.1, 0.15) is 12.6 Å². The molecule has 3 heterocycles. The first-order valence-corrected chi connectivity index (χ1v) is 8.82. The minimum atomic E-state index is -0.213. The molecule has 0 radical (unpaired) electrons. The Morgan fingerprint density at radius 2 is 2.19 bits per heavy atom. The zero-order valence-electron chi connectivity index (χ0n) is 14.6. The third-order valence-corrected chi connectivity index (χ3v) is 4.13. The summed E-state index contributed by atoms with van der Waals surface area (Å²) in [5.41, 5.74) is 0.850. The average molecular weight is 369 g/mol. The van der Waals surface area contributed by atoms with Crippen molar-refractivity contribution in [2.24, 2.45) is 0 Å². The van der Waals surface area contributed by atoms with Crippen molar-refractivity contribution in [3.63, 3.8) is 0 Å². The topological polar surface area (TPSA) is 121 Å². The molecule has 0 spiro atoms. The molecule has 27 heavy (non-hydrogen) atoms. The van der Waals surface area contributed by atoms with Crippen LogP contribution in [0.4, 0.5) is 0 Å². The Bertz CT molecular complexity index is 887. The Morgan fingerprint density at radius 1 is 1.30 bits per heavy atom. The Hall–Kier alpha value is -3.14. The lowest BCUT2D eigenvalue weighted by Gasteiger charge is -2.02. The predicted octanol–water partition coefficient (Wildman–Crippen LogP) is 0.933. The van der Waals surface area contributed by atoms with Crippen LogP contribution in [0.1, 0.15) is 30.7 Å². The van der Waals surface area contributed by atoms with Gasteiger partial charge in [0.25, 0.3) is 5.89 Å². The van der Waals surface area contributed by atoms with Crippen molar-refractivity contribution in [1.82, 2.24) is 35.7 Å². The molecule has 10 nitrogen and oxygen atoms in total. The highest BCUT2D eigenvalue weighted by Crippen LogP contribution is 2.26. The maximum absolute atomic E-state index is 12.0. The second kappa shape index (κ2) is 8.04. The molecule has 1 amide bonds. The number of aromatic nitrogens is 6. The number of tetrazole rings is 1. The molecule has 1 fully saturated rings. The van der Waals surface area contributed by atoms with Crippen LogP contribution in [0.15, 0.2) is 34.9 Å². The molecule has 10 heteroatoms. The number of nitrogens with zero attached hydrogens (tertiary/aromatic N) is 6. The highest BCUT2D eigenvalue weighted by Gasteiger charge is 2.23. The lowest BCUT2D eigenvalue weighted by atomic mass is 10.2. The summed E-state index contributed by atoms with van der Waals surface area (Å²) < 4.78 is 10.7. The fourth-order valence-corrected chi connectivity index (χ4v) is 2.78. The minimum Gasteiger partial charge on any atom is -0.368 e. The van der Waals surface area contributed by atoms with E-state index in [-0.39, 0.29) is 18.6 Å². The van der Waals surface area contributed by atoms with Gasteiger partial charge in [0, 0.05) is 25.1 Å². The van der Waals surface area contributed by atoms with Gasteiger partial charge < -0.3 is 14.6 Å². The van der Waals surface area contributed by atoms with E-state index in [2.05, 4.69) is 30.9 Å². The van der Waals surface area contributed by atoms with Gasteiger partial charge in [-0.25, -0.2) is 0 Å². The van der Waals surface area contributed by atoms with Crippen LogP contribution in [-0.2, 0) is 22.5 Å². The van der Waals surface area contributed by atoms with E-state index in [4.69, 9.17) is 9.26 Å². The van der Waals surface area contributed by atoms with Crippen LogP contribution in [0.5, 0.6) is 0 Å². The fourth-order valence-electron chi connectivity index (χ4n) is 2.78. The Kier molecular flexibility index (Phi) is 5.15. The predicted molar refractivity (Wildman–Crippen MR) is 92.2 cm³/mol. The van der Waals surface area contributed by atoms with Gasteiger partial charge in [-0.3, -0.25) is 4.79 Å². The minimum absolute atomic E-state index is 0.00670. The molecule has 1 N–H and O–H groups in total. The van der Waals surface area contributed by atoms with E-state index in [0.29, 0.717) is 30.5 Å². The first kappa shape index (κ1) is 17.3. The van der Waals surface area contributed by atoms with E-state index < -0.39 is 0 Å². The number of rotatable bonds is 7. The first-order chi connectivity index (χ1) is 13.3. The molecule has 2 aromatic heterocycles. The van der Waals surface area contributed by atoms with Crippen molar-refractivity contribution in [2.75, 3.05) is 13.2 Å². The van der Waals surface area contributed by atoms with Gasteiger partial charge in [0.15, 0.2) is 5.82 Å². The van der Waals surface area contributed by atoms with Crippen molar-refractivity contribution in [3.05, 3.63) is 42.0 Å². The van der Waals surface area contributed by atoms with Crippen molar-refractivity contribution in [3.8, 4) is 11.4 Å². The standard InChI is InChI=1S/C17H19N7O3/c25-15(11-24-21-16(20-23-24)12-5-2-1-3-6-12)18-9-8-14-19-17(27-22-14)13-7-4-10-26-13/h1-3,5-6,13H,4,7-11H2,(H,18,25)/t13-/m0/s1. The van der Waals surface area contributed by atoms with E-state index >= 15 is 0 Å². The molecule has 0 aliphatic carbocycles. The summed E-state index contributed by atoms with van der Waals surface area (Å²) in [4.78, 5) is 17.6. The number of benzene rings is 1. The second-order valence-corrected chi connectivity index (χ2v) is 6.16. The molecule has 0 bridgehead atoms. The van der Waals surface area contributed by atoms with Crippen LogP contribution in [0.3, 0.4) is 0 Å². The summed E-state index contributed by atoms with van der Waals surface area (Å²) in [6.45, 7) is 1.11. The summed E-state index contributed by atoms with van der Waals surface area (Å²) >= 11 is 0. The largest absolute Gasteiger partial charge is 0.368 e. The molecule has 140 valence electrons. The lowest BCUT2D eigenvalue weighted by molar-refractivity contribution is -0.122. The zero-order chi connectivity index (χ0) is 18.5. The van der Waals surface area contributed by atoms with Gasteiger partial charge in [-0.1, -0.05) is 35.5 Å². The van der Waals surface area contributed by atoms with Crippen LogP contribution in [-0.4, -0.2) is 49.4 Å². The zero-order valence-corrected chi connectivity index (χ0v) is 14.6. The summed E-state index contributed by atoms with van der Waals surface area (Å²) in [6, 6.07) is 9.47. The highest BCUT2D eigenvalue weighted by molar-refractivity contribution is 5.75. The highest BCUT2D eigenvalue weighted by atomic mass is 16.5. The van der Waals surface area contributed by atoms with Crippen LogP contribution >= 0.6 is 0 Å². The van der Waals surface area contributed by atoms with Crippen LogP contribution < -0.4 is 5.32 Å². The lowest BCUT2D eigenvalue weighted by Crippen LogP contribution is -2.30. The van der Waals surface area contributed by atoms with Crippen LogP contribution in [0.2, 0.25) is 0 Å². The Labute approximate surface area is 154 Å². The number of hydrogen-bond donors (Lipinski definition) is 1. The van der Waals surface area contributed by atoms with Crippen LogP contribution in [0, 0.1) is 0 Å². The fraction of sp³-hybridized carbons (Fsp3) is 0.412. The van der Waals surface area contributed by atoms with Gasteiger partial charge in [-0.15, -0.1) is 10.2 Å². The van der Waals surface area contributed by atoms with Crippen molar-refractivity contribution in [2.45, 2.75) is 31.9 Å². The van der Waals surface area contributed by atoms with Crippen molar-refractivity contribution in [1.29, 1.82) is 0 Å². The quantitative estimate of drug-likeness (QED) is 0.653. The van der Waals surface area contributed by atoms with Crippen molar-refractivity contribution < 1.29 is 14.1 Å². The number of nitrogens with one attached hydrogen (secondary N) is 1. The van der Waals surface area contributed by atoms with Gasteiger partial charge in [-0.05, 0) is 18.1 Å². The first-order valence-electron chi connectivity index (χ1n) is 8.82. The van der Waals surface area contributed by atoms with Gasteiger partial charge in [0.05, 0.1) is 0 Å². The SMILES string of the molecule is O=C(Cn1nnc(-c2ccccc2)n1)NCCc1noc([C@@H]2CCCO2)n1. The summed E-state index contributed by atoms with van der Waals surface area (Å²) in [6.07, 6.45) is 2.27. The van der Waals surface area contributed by atoms with E-state index in [0.717, 1.165) is 25.0 Å². The van der Waals surface area contributed by atoms with Gasteiger partial charge in [-0.2, -0.15) is 9.78 Å². The molecule has 4 rings (SSSR count). The average Bonchev–Trinajstić information content (AvgIpc) is 3.44. The molecular weight excluding hydrogens is 350 g/mol. The molecule has 1 saturated heterocycles. The molecule has 3 aromatic rings. The number of carbonyl (C=O) groups excluding carboxylic acids is 1. The van der Waals surface area contributed by atoms with E-state index in [1.165, 1.54) is 4.80 Å². The molecule has 1 aromatic carbocycles. The summed E-state index contributed by atoms with van der Waals surface area (Å²) in [5, 5.41) is 18.8. The third-order valence-electron chi connectivity index (χ3n) is 4.13. The molecule has 0 saturated carbocycles. The van der Waals surface area contributed by atoms with E-state index in [1.807, 2.05) is 30.3 Å². The van der Waals surface area contributed by atoms with E-state index in [1.54, 1.807) is 0 Å². The maximum Gasteiger partial charge on any atom is 0.255 e. The van der Waals surface area contributed by atoms with Gasteiger partial charge in [0.2, 0.25) is 11.7 Å².